The summed E-state index contributed by atoms with van der Waals surface area (Å²) in [5.74, 6) is 0. The Hall–Kier alpha value is -0.0400. The minimum Gasteiger partial charge on any atom is -0.303 e. The molecule has 0 bridgehead atoms. The number of nitrogens with zero attached hydrogens (tertiary/aromatic N) is 1. The molecule has 1 heterocycles. The van der Waals surface area contributed by atoms with Crippen LogP contribution in [0.2, 0.25) is 0 Å². The molecule has 0 N–H and O–H groups in total. The normalized spacial score (nSPS) is 21.2. The van der Waals surface area contributed by atoms with Crippen molar-refractivity contribution in [1.82, 2.24) is 4.90 Å². The molecular weight excluding hydrogens is 146 g/mol. The predicted molar refractivity (Wildman–Crippen MR) is 54.0 cm³/mol. The summed E-state index contributed by atoms with van der Waals surface area (Å²) in [6.45, 7) is 10.8. The zero-order valence-electron chi connectivity index (χ0n) is 8.77. The summed E-state index contributed by atoms with van der Waals surface area (Å²) in [4.78, 5) is 2.59. The highest BCUT2D eigenvalue weighted by molar-refractivity contribution is 4.77. The highest BCUT2D eigenvalue weighted by Crippen LogP contribution is 2.19. The maximum Gasteiger partial charge on any atom is -0.00137 e. The lowest BCUT2D eigenvalue weighted by Crippen LogP contribution is -2.32. The van der Waals surface area contributed by atoms with Crippen molar-refractivity contribution in [1.29, 1.82) is 0 Å². The summed E-state index contributed by atoms with van der Waals surface area (Å²) in [5.41, 5.74) is 0.501. The third-order valence-electron chi connectivity index (χ3n) is 2.48. The Morgan fingerprint density at radius 3 is 2.25 bits per heavy atom. The molecule has 0 saturated carbocycles. The first-order valence-electron chi connectivity index (χ1n) is 5.12. The van der Waals surface area contributed by atoms with E-state index in [1.807, 2.05) is 0 Å². The van der Waals surface area contributed by atoms with Crippen LogP contribution in [0.4, 0.5) is 0 Å². The van der Waals surface area contributed by atoms with Gasteiger partial charge in [-0.3, -0.25) is 0 Å². The lowest BCUT2D eigenvalue weighted by atomic mass is 9.92. The van der Waals surface area contributed by atoms with E-state index < -0.39 is 0 Å². The molecule has 1 radical (unpaired) electrons. The highest BCUT2D eigenvalue weighted by Gasteiger charge is 2.14. The smallest absolute Gasteiger partial charge is 0.00137 e. The van der Waals surface area contributed by atoms with Crippen molar-refractivity contribution >= 4 is 0 Å². The van der Waals surface area contributed by atoms with Crippen molar-refractivity contribution in [2.45, 2.75) is 40.0 Å². The Morgan fingerprint density at radius 1 is 1.17 bits per heavy atom. The monoisotopic (exact) mass is 168 g/mol. The van der Waals surface area contributed by atoms with Gasteiger partial charge in [-0.05, 0) is 50.7 Å². The zero-order chi connectivity index (χ0) is 9.03. The molecule has 1 saturated heterocycles. The van der Waals surface area contributed by atoms with Gasteiger partial charge < -0.3 is 4.90 Å². The minimum atomic E-state index is 0.501. The van der Waals surface area contributed by atoms with E-state index in [4.69, 9.17) is 0 Å². The molecular formula is C11H22N. The summed E-state index contributed by atoms with van der Waals surface area (Å²) in [5, 5.41) is 0. The lowest BCUT2D eigenvalue weighted by molar-refractivity contribution is 0.214. The van der Waals surface area contributed by atoms with Crippen LogP contribution in [0.3, 0.4) is 0 Å². The summed E-state index contributed by atoms with van der Waals surface area (Å²) in [6.07, 6.45) is 6.33. The second-order valence-electron chi connectivity index (χ2n) is 5.02. The third kappa shape index (κ3) is 4.10. The van der Waals surface area contributed by atoms with Crippen LogP contribution < -0.4 is 0 Å². The predicted octanol–water partition coefficient (Wildman–Crippen LogP) is 2.72. The van der Waals surface area contributed by atoms with E-state index in [9.17, 15) is 0 Å². The standard InChI is InChI=1S/C11H22N/c1-11(2,3)7-10-12-8-5-4-6-9-12/h4H,5-10H2,1-3H3. The molecule has 1 fully saturated rings. The van der Waals surface area contributed by atoms with E-state index in [2.05, 4.69) is 32.1 Å². The van der Waals surface area contributed by atoms with Crippen molar-refractivity contribution in [3.8, 4) is 0 Å². The summed E-state index contributed by atoms with van der Waals surface area (Å²) in [6, 6.07) is 0. The van der Waals surface area contributed by atoms with Crippen molar-refractivity contribution in [3.05, 3.63) is 6.42 Å². The van der Waals surface area contributed by atoms with Crippen LogP contribution in [0.5, 0.6) is 0 Å². The maximum atomic E-state index is 2.59. The molecule has 0 atom stereocenters. The first-order chi connectivity index (χ1) is 5.58. The Morgan fingerprint density at radius 2 is 1.75 bits per heavy atom. The number of rotatable bonds is 2. The van der Waals surface area contributed by atoms with Gasteiger partial charge in [0.2, 0.25) is 0 Å². The van der Waals surface area contributed by atoms with Gasteiger partial charge in [0.1, 0.15) is 0 Å². The Balaban J connectivity index is 2.13. The van der Waals surface area contributed by atoms with Gasteiger partial charge in [0.05, 0.1) is 0 Å². The Bertz CT molecular complexity index is 117. The molecule has 0 spiro atoms. The summed E-state index contributed by atoms with van der Waals surface area (Å²) in [7, 11) is 0. The van der Waals surface area contributed by atoms with Gasteiger partial charge in [0, 0.05) is 0 Å². The minimum absolute atomic E-state index is 0.501. The number of piperidine rings is 1. The molecule has 71 valence electrons. The quantitative estimate of drug-likeness (QED) is 0.613. The molecule has 0 aliphatic carbocycles. The zero-order valence-corrected chi connectivity index (χ0v) is 8.77. The molecule has 0 aromatic rings. The fourth-order valence-electron chi connectivity index (χ4n) is 1.52. The van der Waals surface area contributed by atoms with Crippen LogP contribution in [0.1, 0.15) is 40.0 Å². The van der Waals surface area contributed by atoms with Crippen LogP contribution >= 0.6 is 0 Å². The summed E-state index contributed by atoms with van der Waals surface area (Å²) >= 11 is 0. The average molecular weight is 168 g/mol. The van der Waals surface area contributed by atoms with Crippen molar-refractivity contribution < 1.29 is 0 Å². The fraction of sp³-hybridized carbons (Fsp3) is 0.909. The molecule has 1 nitrogen and oxygen atoms in total. The Labute approximate surface area is 77.1 Å². The van der Waals surface area contributed by atoms with Crippen molar-refractivity contribution in [3.63, 3.8) is 0 Å². The first kappa shape index (κ1) is 10.0. The number of hydrogen-bond acceptors (Lipinski definition) is 1. The SMILES string of the molecule is CC(C)(C)CCN1CC[CH]CC1. The van der Waals surface area contributed by atoms with Gasteiger partial charge in [0.15, 0.2) is 0 Å². The molecule has 0 aromatic carbocycles. The van der Waals surface area contributed by atoms with Crippen LogP contribution in [0.25, 0.3) is 0 Å². The van der Waals surface area contributed by atoms with E-state index in [1.165, 1.54) is 38.9 Å². The van der Waals surface area contributed by atoms with E-state index in [0.717, 1.165) is 0 Å². The second-order valence-corrected chi connectivity index (χ2v) is 5.02. The van der Waals surface area contributed by atoms with E-state index in [0.29, 0.717) is 5.41 Å². The van der Waals surface area contributed by atoms with Crippen LogP contribution in [-0.4, -0.2) is 24.5 Å². The molecule has 1 heteroatoms. The van der Waals surface area contributed by atoms with Gasteiger partial charge in [-0.1, -0.05) is 20.8 Å². The van der Waals surface area contributed by atoms with Gasteiger partial charge in [-0.25, -0.2) is 0 Å². The van der Waals surface area contributed by atoms with Gasteiger partial charge in [-0.2, -0.15) is 0 Å². The molecule has 1 rings (SSSR count). The second kappa shape index (κ2) is 4.27. The number of likely N-dealkylation sites (tertiary alicyclic amines) is 1. The Kier molecular flexibility index (Phi) is 3.57. The van der Waals surface area contributed by atoms with Crippen molar-refractivity contribution in [2.75, 3.05) is 19.6 Å². The molecule has 0 aromatic heterocycles. The lowest BCUT2D eigenvalue weighted by Gasteiger charge is -2.29. The average Bonchev–Trinajstić information content (AvgIpc) is 2.02. The first-order valence-corrected chi connectivity index (χ1v) is 5.12. The molecule has 0 amide bonds. The molecule has 1 aliphatic rings. The third-order valence-corrected chi connectivity index (χ3v) is 2.48. The van der Waals surface area contributed by atoms with E-state index >= 15 is 0 Å². The van der Waals surface area contributed by atoms with Gasteiger partial charge in [0.25, 0.3) is 0 Å². The highest BCUT2D eigenvalue weighted by atomic mass is 15.1. The van der Waals surface area contributed by atoms with Gasteiger partial charge >= 0.3 is 0 Å². The topological polar surface area (TPSA) is 3.24 Å². The molecule has 1 aliphatic heterocycles. The summed E-state index contributed by atoms with van der Waals surface area (Å²) < 4.78 is 0. The molecule has 12 heavy (non-hydrogen) atoms. The van der Waals surface area contributed by atoms with E-state index in [-0.39, 0.29) is 0 Å². The van der Waals surface area contributed by atoms with Gasteiger partial charge in [-0.15, -0.1) is 0 Å². The largest absolute Gasteiger partial charge is 0.303 e. The fourth-order valence-corrected chi connectivity index (χ4v) is 1.52. The maximum absolute atomic E-state index is 2.59. The number of hydrogen-bond donors (Lipinski definition) is 0. The van der Waals surface area contributed by atoms with E-state index in [1.54, 1.807) is 0 Å². The van der Waals surface area contributed by atoms with Crippen LogP contribution in [-0.2, 0) is 0 Å². The van der Waals surface area contributed by atoms with Crippen molar-refractivity contribution in [2.24, 2.45) is 5.41 Å². The molecule has 0 unspecified atom stereocenters. The van der Waals surface area contributed by atoms with Crippen LogP contribution in [0, 0.1) is 11.8 Å². The van der Waals surface area contributed by atoms with Crippen LogP contribution in [0.15, 0.2) is 0 Å².